The van der Waals surface area contributed by atoms with E-state index < -0.39 is 0 Å². The van der Waals surface area contributed by atoms with Gasteiger partial charge in [0.1, 0.15) is 0 Å². The molecule has 62 valence electrons. The lowest BCUT2D eigenvalue weighted by Gasteiger charge is -1.89. The average Bonchev–Trinajstić information content (AvgIpc) is 2.07. The number of hydrogen-bond acceptors (Lipinski definition) is 2. The van der Waals surface area contributed by atoms with E-state index in [1.54, 1.807) is 18.6 Å². The molecule has 2 heteroatoms. The highest BCUT2D eigenvalue weighted by atomic mass is 14.7. The topological polar surface area (TPSA) is 25.2 Å². The third kappa shape index (κ3) is 2.02. The van der Waals surface area contributed by atoms with Crippen molar-refractivity contribution in [3.8, 4) is 0 Å². The number of nitrogens with zero attached hydrogens (tertiary/aromatic N) is 2. The van der Waals surface area contributed by atoms with E-state index in [-0.39, 0.29) is 0 Å². The van der Waals surface area contributed by atoms with Gasteiger partial charge in [0.25, 0.3) is 0 Å². The highest BCUT2D eigenvalue weighted by Crippen LogP contribution is 1.79. The highest BCUT2D eigenvalue weighted by molar-refractivity contribution is 5.57. The normalized spacial score (nSPS) is 12.7. The van der Waals surface area contributed by atoms with Crippen LogP contribution in [0.2, 0.25) is 0 Å². The molecule has 0 spiro atoms. The molecule has 0 atom stereocenters. The fourth-order valence-electron chi connectivity index (χ4n) is 0.884. The van der Waals surface area contributed by atoms with E-state index in [4.69, 9.17) is 0 Å². The van der Waals surface area contributed by atoms with E-state index in [0.717, 1.165) is 16.1 Å². The van der Waals surface area contributed by atoms with E-state index in [2.05, 4.69) is 16.6 Å². The molecule has 1 aromatic heterocycles. The second kappa shape index (κ2) is 3.81. The standard InChI is InChI=1S/C10H12N2/c1-4-11-7-10-5-9(3)12-6-8(10)2/h4-7H,2H2,1,3H3/b10-7-,11-4?. The van der Waals surface area contributed by atoms with Gasteiger partial charge in [-0.25, -0.2) is 0 Å². The van der Waals surface area contributed by atoms with Crippen LogP contribution in [0.15, 0.2) is 17.3 Å². The summed E-state index contributed by atoms with van der Waals surface area (Å²) >= 11 is 0. The molecule has 0 aromatic carbocycles. The molecule has 0 aliphatic carbocycles. The van der Waals surface area contributed by atoms with Gasteiger partial charge < -0.3 is 0 Å². The zero-order valence-corrected chi connectivity index (χ0v) is 7.41. The second-order valence-corrected chi connectivity index (χ2v) is 2.56. The lowest BCUT2D eigenvalue weighted by molar-refractivity contribution is 1.17. The number of hydrogen-bond donors (Lipinski definition) is 0. The second-order valence-electron chi connectivity index (χ2n) is 2.56. The Morgan fingerprint density at radius 1 is 1.58 bits per heavy atom. The molecule has 1 heterocycles. The molecule has 0 aliphatic rings. The molecule has 0 N–H and O–H groups in total. The van der Waals surface area contributed by atoms with E-state index in [9.17, 15) is 0 Å². The van der Waals surface area contributed by atoms with Crippen LogP contribution in [0.4, 0.5) is 0 Å². The Labute approximate surface area is 72.0 Å². The summed E-state index contributed by atoms with van der Waals surface area (Å²) < 4.78 is 0. The molecule has 2 nitrogen and oxygen atoms in total. The van der Waals surface area contributed by atoms with Crippen molar-refractivity contribution in [3.63, 3.8) is 0 Å². The SMILES string of the molecule is C=c1cnc(C)c/c1=C/N=CC. The van der Waals surface area contributed by atoms with Crippen molar-refractivity contribution in [2.75, 3.05) is 0 Å². The molecular weight excluding hydrogens is 148 g/mol. The first kappa shape index (κ1) is 8.65. The minimum absolute atomic E-state index is 0.909. The summed E-state index contributed by atoms with van der Waals surface area (Å²) in [5.41, 5.74) is 0.986. The van der Waals surface area contributed by atoms with E-state index in [0.29, 0.717) is 0 Å². The van der Waals surface area contributed by atoms with Gasteiger partial charge in [-0.15, -0.1) is 0 Å². The number of aliphatic imine (C=N–C) groups is 1. The molecule has 0 aliphatic heterocycles. The van der Waals surface area contributed by atoms with Crippen LogP contribution in [0, 0.1) is 6.92 Å². The molecule has 1 aromatic rings. The maximum atomic E-state index is 4.11. The van der Waals surface area contributed by atoms with E-state index >= 15 is 0 Å². The maximum Gasteiger partial charge on any atom is 0.0379 e. The largest absolute Gasteiger partial charge is 0.269 e. The van der Waals surface area contributed by atoms with Gasteiger partial charge in [0.15, 0.2) is 0 Å². The van der Waals surface area contributed by atoms with Crippen molar-refractivity contribution in [2.45, 2.75) is 13.8 Å². The van der Waals surface area contributed by atoms with E-state index in [1.165, 1.54) is 0 Å². The molecule has 1 rings (SSSR count). The van der Waals surface area contributed by atoms with Crippen molar-refractivity contribution in [2.24, 2.45) is 4.99 Å². The van der Waals surface area contributed by atoms with Crippen molar-refractivity contribution in [3.05, 3.63) is 28.4 Å². The van der Waals surface area contributed by atoms with Gasteiger partial charge in [0, 0.05) is 29.5 Å². The third-order valence-electron chi connectivity index (χ3n) is 1.52. The van der Waals surface area contributed by atoms with Crippen LogP contribution >= 0.6 is 0 Å². The monoisotopic (exact) mass is 160 g/mol. The minimum atomic E-state index is 0.909. The first-order chi connectivity index (χ1) is 5.74. The molecule has 0 amide bonds. The number of pyridine rings is 1. The zero-order valence-electron chi connectivity index (χ0n) is 7.41. The Morgan fingerprint density at radius 2 is 2.33 bits per heavy atom. The summed E-state index contributed by atoms with van der Waals surface area (Å²) in [5.74, 6) is 0. The maximum absolute atomic E-state index is 4.11. The number of aromatic nitrogens is 1. The summed E-state index contributed by atoms with van der Waals surface area (Å²) in [7, 11) is 0. The predicted octanol–water partition coefficient (Wildman–Crippen LogP) is 0.629. The van der Waals surface area contributed by atoms with Crippen LogP contribution < -0.4 is 10.4 Å². The smallest absolute Gasteiger partial charge is 0.0379 e. The predicted molar refractivity (Wildman–Crippen MR) is 52.4 cm³/mol. The van der Waals surface area contributed by atoms with Gasteiger partial charge in [-0.05, 0) is 25.1 Å². The van der Waals surface area contributed by atoms with Gasteiger partial charge in [0.05, 0.1) is 0 Å². The van der Waals surface area contributed by atoms with Crippen LogP contribution in [0.5, 0.6) is 0 Å². The van der Waals surface area contributed by atoms with Crippen LogP contribution in [0.3, 0.4) is 0 Å². The number of aryl methyl sites for hydroxylation is 1. The quantitative estimate of drug-likeness (QED) is 0.553. The van der Waals surface area contributed by atoms with Crippen molar-refractivity contribution >= 4 is 19.0 Å². The average molecular weight is 160 g/mol. The Morgan fingerprint density at radius 3 is 3.00 bits per heavy atom. The molecule has 12 heavy (non-hydrogen) atoms. The molecule has 0 saturated carbocycles. The van der Waals surface area contributed by atoms with Crippen LogP contribution in [-0.2, 0) is 0 Å². The summed E-state index contributed by atoms with van der Waals surface area (Å²) in [4.78, 5) is 8.14. The lowest BCUT2D eigenvalue weighted by Crippen LogP contribution is -2.23. The van der Waals surface area contributed by atoms with Gasteiger partial charge in [0.2, 0.25) is 0 Å². The first-order valence-electron chi connectivity index (χ1n) is 3.83. The molecule has 0 bridgehead atoms. The molecule has 0 fully saturated rings. The minimum Gasteiger partial charge on any atom is -0.269 e. The van der Waals surface area contributed by atoms with Gasteiger partial charge in [-0.2, -0.15) is 0 Å². The van der Waals surface area contributed by atoms with E-state index in [1.807, 2.05) is 19.9 Å². The van der Waals surface area contributed by atoms with Crippen molar-refractivity contribution in [1.29, 1.82) is 0 Å². The fourth-order valence-corrected chi connectivity index (χ4v) is 0.884. The third-order valence-corrected chi connectivity index (χ3v) is 1.52. The van der Waals surface area contributed by atoms with Gasteiger partial charge >= 0.3 is 0 Å². The fraction of sp³-hybridized carbons (Fsp3) is 0.200. The summed E-state index contributed by atoms with van der Waals surface area (Å²) in [6.45, 7) is 7.68. The number of rotatable bonds is 1. The summed E-state index contributed by atoms with van der Waals surface area (Å²) in [5, 5.41) is 1.94. The molecule has 0 unspecified atom stereocenters. The van der Waals surface area contributed by atoms with Crippen LogP contribution in [0.1, 0.15) is 12.6 Å². The van der Waals surface area contributed by atoms with Crippen molar-refractivity contribution in [1.82, 2.24) is 4.98 Å². The molecule has 0 radical (unpaired) electrons. The van der Waals surface area contributed by atoms with Crippen LogP contribution in [-0.4, -0.2) is 11.2 Å². The first-order valence-corrected chi connectivity index (χ1v) is 3.83. The lowest BCUT2D eigenvalue weighted by atomic mass is 10.3. The van der Waals surface area contributed by atoms with Crippen molar-refractivity contribution < 1.29 is 0 Å². The Hall–Kier alpha value is -1.44. The highest BCUT2D eigenvalue weighted by Gasteiger charge is 1.84. The summed E-state index contributed by atoms with van der Waals surface area (Å²) in [6, 6.07) is 1.97. The van der Waals surface area contributed by atoms with Gasteiger partial charge in [-0.1, -0.05) is 6.58 Å². The van der Waals surface area contributed by atoms with Crippen LogP contribution in [0.25, 0.3) is 12.8 Å². The zero-order chi connectivity index (χ0) is 8.97. The Bertz CT molecular complexity index is 391. The Kier molecular flexibility index (Phi) is 2.75. The summed E-state index contributed by atoms with van der Waals surface area (Å²) in [6.07, 6.45) is 5.29. The molecular formula is C10H12N2. The van der Waals surface area contributed by atoms with Gasteiger partial charge in [-0.3, -0.25) is 9.98 Å². The molecule has 0 saturated heterocycles. The Balaban J connectivity index is 3.32.